The van der Waals surface area contributed by atoms with E-state index >= 15 is 0 Å². The number of nitrogens with zero attached hydrogens (tertiary/aromatic N) is 1. The summed E-state index contributed by atoms with van der Waals surface area (Å²) in [6, 6.07) is 13.6. The lowest BCUT2D eigenvalue weighted by molar-refractivity contribution is -0.116. The number of hydrogen-bond acceptors (Lipinski definition) is 4. The Balaban J connectivity index is 1.54. The van der Waals surface area contributed by atoms with Crippen LogP contribution in [-0.2, 0) is 27.8 Å². The number of aryl methyl sites for hydroxylation is 1. The van der Waals surface area contributed by atoms with Crippen LogP contribution >= 0.6 is 0 Å². The van der Waals surface area contributed by atoms with Crippen molar-refractivity contribution in [3.8, 4) is 0 Å². The summed E-state index contributed by atoms with van der Waals surface area (Å²) in [5, 5.41) is 2.54. The molecule has 0 fully saturated rings. The molecule has 0 atom stereocenters. The van der Waals surface area contributed by atoms with Gasteiger partial charge in [0, 0.05) is 30.1 Å². The molecule has 0 saturated carbocycles. The first-order valence-electron chi connectivity index (χ1n) is 9.21. The smallest absolute Gasteiger partial charge is 0.264 e. The summed E-state index contributed by atoms with van der Waals surface area (Å²) in [6.07, 6.45) is 2.23. The molecule has 0 aliphatic carbocycles. The standard InChI is InChI=1S/C21H18FN3O4S/c22-17-12-18-15(6-9-20(26)23-18)11-19(17)30(28,29)24-16-7-4-14(5-8-16)13-25-10-2-1-3-21(25)27/h1-5,7-8,10-12,24H,6,9,13H2,(H,23,26). The number of fused-ring (bicyclic) bond motifs is 1. The molecule has 0 bridgehead atoms. The third-order valence-corrected chi connectivity index (χ3v) is 6.20. The minimum atomic E-state index is -4.16. The van der Waals surface area contributed by atoms with Crippen LogP contribution in [0, 0.1) is 5.82 Å². The maximum Gasteiger partial charge on any atom is 0.264 e. The Morgan fingerprint density at radius 2 is 1.80 bits per heavy atom. The molecule has 1 aliphatic heterocycles. The zero-order valence-corrected chi connectivity index (χ0v) is 16.6. The number of pyridine rings is 1. The normalized spacial score (nSPS) is 13.4. The van der Waals surface area contributed by atoms with Crippen LogP contribution in [0.25, 0.3) is 0 Å². The highest BCUT2D eigenvalue weighted by Crippen LogP contribution is 2.29. The number of nitrogens with one attached hydrogen (secondary N) is 2. The fourth-order valence-corrected chi connectivity index (χ4v) is 4.43. The first kappa shape index (κ1) is 19.8. The average molecular weight is 427 g/mol. The van der Waals surface area contributed by atoms with E-state index in [4.69, 9.17) is 0 Å². The van der Waals surface area contributed by atoms with Crippen molar-refractivity contribution < 1.29 is 17.6 Å². The fourth-order valence-electron chi connectivity index (χ4n) is 3.26. The number of carbonyl (C=O) groups excluding carboxylic acids is 1. The SMILES string of the molecule is O=C1CCc2cc(S(=O)(=O)Nc3ccc(Cn4ccccc4=O)cc3)c(F)cc2N1. The number of hydrogen-bond donors (Lipinski definition) is 2. The lowest BCUT2D eigenvalue weighted by atomic mass is 10.0. The van der Waals surface area contributed by atoms with E-state index in [0.717, 1.165) is 11.6 Å². The Kier molecular flexibility index (Phi) is 5.13. The van der Waals surface area contributed by atoms with Crippen molar-refractivity contribution in [2.45, 2.75) is 24.3 Å². The molecular weight excluding hydrogens is 409 g/mol. The van der Waals surface area contributed by atoms with Crippen LogP contribution in [0.3, 0.4) is 0 Å². The molecule has 154 valence electrons. The second kappa shape index (κ2) is 7.75. The predicted octanol–water partition coefficient (Wildman–Crippen LogP) is 2.72. The Morgan fingerprint density at radius 3 is 2.53 bits per heavy atom. The third-order valence-electron chi connectivity index (χ3n) is 4.80. The van der Waals surface area contributed by atoms with E-state index in [-0.39, 0.29) is 23.6 Å². The van der Waals surface area contributed by atoms with Crippen LogP contribution in [-0.4, -0.2) is 18.9 Å². The van der Waals surface area contributed by atoms with Crippen molar-refractivity contribution >= 4 is 27.3 Å². The van der Waals surface area contributed by atoms with Crippen molar-refractivity contribution in [2.24, 2.45) is 0 Å². The molecule has 9 heteroatoms. The van der Waals surface area contributed by atoms with Crippen molar-refractivity contribution in [1.29, 1.82) is 0 Å². The Bertz CT molecular complexity index is 1280. The fraction of sp³-hybridized carbons (Fsp3) is 0.143. The first-order valence-corrected chi connectivity index (χ1v) is 10.7. The van der Waals surface area contributed by atoms with E-state index in [9.17, 15) is 22.4 Å². The Labute approximate surface area is 172 Å². The van der Waals surface area contributed by atoms with E-state index < -0.39 is 20.7 Å². The molecule has 0 spiro atoms. The lowest BCUT2D eigenvalue weighted by Crippen LogP contribution is -2.21. The molecule has 2 aromatic carbocycles. The van der Waals surface area contributed by atoms with Gasteiger partial charge in [0.05, 0.1) is 6.54 Å². The van der Waals surface area contributed by atoms with E-state index in [1.165, 1.54) is 16.7 Å². The number of anilines is 2. The molecule has 4 rings (SSSR count). The molecule has 0 saturated heterocycles. The molecule has 7 nitrogen and oxygen atoms in total. The number of sulfonamides is 1. The van der Waals surface area contributed by atoms with Gasteiger partial charge in [-0.3, -0.25) is 14.3 Å². The molecule has 1 aliphatic rings. The summed E-state index contributed by atoms with van der Waals surface area (Å²) in [7, 11) is -4.16. The van der Waals surface area contributed by atoms with Crippen molar-refractivity contribution in [3.05, 3.63) is 88.1 Å². The van der Waals surface area contributed by atoms with Crippen molar-refractivity contribution in [1.82, 2.24) is 4.57 Å². The van der Waals surface area contributed by atoms with Gasteiger partial charge in [0.1, 0.15) is 10.7 Å². The van der Waals surface area contributed by atoms with Gasteiger partial charge >= 0.3 is 0 Å². The molecule has 1 amide bonds. The summed E-state index contributed by atoms with van der Waals surface area (Å²) < 4.78 is 43.8. The zero-order valence-electron chi connectivity index (χ0n) is 15.8. The topological polar surface area (TPSA) is 97.3 Å². The highest BCUT2D eigenvalue weighted by molar-refractivity contribution is 7.92. The molecule has 0 radical (unpaired) electrons. The van der Waals surface area contributed by atoms with Gasteiger partial charge in [-0.2, -0.15) is 0 Å². The quantitative estimate of drug-likeness (QED) is 0.654. The third kappa shape index (κ3) is 4.11. The second-order valence-corrected chi connectivity index (χ2v) is 8.61. The van der Waals surface area contributed by atoms with Gasteiger partial charge in [-0.05, 0) is 47.9 Å². The van der Waals surface area contributed by atoms with E-state index in [1.807, 2.05) is 0 Å². The largest absolute Gasteiger partial charge is 0.326 e. The van der Waals surface area contributed by atoms with E-state index in [2.05, 4.69) is 10.0 Å². The van der Waals surface area contributed by atoms with Gasteiger partial charge in [0.25, 0.3) is 15.6 Å². The van der Waals surface area contributed by atoms with Crippen LogP contribution in [0.1, 0.15) is 17.5 Å². The summed E-state index contributed by atoms with van der Waals surface area (Å²) in [5.74, 6) is -1.17. The van der Waals surface area contributed by atoms with Gasteiger partial charge in [0.15, 0.2) is 0 Å². The minimum Gasteiger partial charge on any atom is -0.326 e. The van der Waals surface area contributed by atoms with Crippen molar-refractivity contribution in [3.63, 3.8) is 0 Å². The maximum atomic E-state index is 14.4. The predicted molar refractivity (Wildman–Crippen MR) is 110 cm³/mol. The van der Waals surface area contributed by atoms with Gasteiger partial charge in [-0.15, -0.1) is 0 Å². The van der Waals surface area contributed by atoms with Crippen LogP contribution in [0.15, 0.2) is 70.5 Å². The lowest BCUT2D eigenvalue weighted by Gasteiger charge is -2.18. The molecule has 1 aromatic heterocycles. The maximum absolute atomic E-state index is 14.4. The molecule has 2 N–H and O–H groups in total. The minimum absolute atomic E-state index is 0.138. The van der Waals surface area contributed by atoms with E-state index in [0.29, 0.717) is 24.2 Å². The first-order chi connectivity index (χ1) is 14.3. The van der Waals surface area contributed by atoms with Crippen LogP contribution in [0.2, 0.25) is 0 Å². The summed E-state index contributed by atoms with van der Waals surface area (Å²) in [4.78, 5) is 22.8. The molecule has 3 aromatic rings. The monoisotopic (exact) mass is 427 g/mol. The number of benzene rings is 2. The Hall–Kier alpha value is -3.46. The molecule has 2 heterocycles. The summed E-state index contributed by atoms with van der Waals surface area (Å²) >= 11 is 0. The number of halogens is 1. The van der Waals surface area contributed by atoms with Crippen molar-refractivity contribution in [2.75, 3.05) is 10.0 Å². The number of amides is 1. The summed E-state index contributed by atoms with van der Waals surface area (Å²) in [6.45, 7) is 0.345. The van der Waals surface area contributed by atoms with Crippen LogP contribution < -0.4 is 15.6 Å². The highest BCUT2D eigenvalue weighted by Gasteiger charge is 2.24. The molecular formula is C21H18FN3O4S. The van der Waals surface area contributed by atoms with Crippen LogP contribution in [0.5, 0.6) is 0 Å². The second-order valence-electron chi connectivity index (χ2n) is 6.96. The molecule has 0 unspecified atom stereocenters. The van der Waals surface area contributed by atoms with E-state index in [1.54, 1.807) is 42.6 Å². The summed E-state index contributed by atoms with van der Waals surface area (Å²) in [5.41, 5.74) is 1.80. The number of aromatic nitrogens is 1. The van der Waals surface area contributed by atoms with Gasteiger partial charge in [-0.25, -0.2) is 12.8 Å². The van der Waals surface area contributed by atoms with Gasteiger partial charge < -0.3 is 9.88 Å². The molecule has 30 heavy (non-hydrogen) atoms. The number of rotatable bonds is 5. The highest BCUT2D eigenvalue weighted by atomic mass is 32.2. The Morgan fingerprint density at radius 1 is 1.03 bits per heavy atom. The number of carbonyl (C=O) groups is 1. The van der Waals surface area contributed by atoms with Crippen LogP contribution in [0.4, 0.5) is 15.8 Å². The van der Waals surface area contributed by atoms with Gasteiger partial charge in [-0.1, -0.05) is 18.2 Å². The zero-order chi connectivity index (χ0) is 21.3. The van der Waals surface area contributed by atoms with Gasteiger partial charge in [0.2, 0.25) is 5.91 Å². The average Bonchev–Trinajstić information content (AvgIpc) is 2.70.